The van der Waals surface area contributed by atoms with Gasteiger partial charge < -0.3 is 14.8 Å². The molecule has 2 bridgehead atoms. The molecule has 2 unspecified atom stereocenters. The molecule has 0 aliphatic carbocycles. The number of rotatable bonds is 5. The Kier molecular flexibility index (Phi) is 4.68. The molecule has 138 valence electrons. The third kappa shape index (κ3) is 3.09. The largest absolute Gasteiger partial charge is 0.493 e. The summed E-state index contributed by atoms with van der Waals surface area (Å²) < 4.78 is 10.7. The Labute approximate surface area is 154 Å². The first-order chi connectivity index (χ1) is 12.7. The molecule has 3 aliphatic rings. The summed E-state index contributed by atoms with van der Waals surface area (Å²) in [6.45, 7) is 4.76. The number of nitrogens with zero attached hydrogens (tertiary/aromatic N) is 3. The SMILES string of the molecule is COc1ccc(-c2cnc(NC3C4CCN(CC4)C3C)nc2)cc1OC. The number of nitrogens with one attached hydrogen (secondary N) is 1. The molecular formula is C20H26N4O2. The molecule has 0 radical (unpaired) electrons. The van der Waals surface area contributed by atoms with E-state index in [1.165, 1.54) is 25.9 Å². The lowest BCUT2D eigenvalue weighted by atomic mass is 9.79. The van der Waals surface area contributed by atoms with Gasteiger partial charge in [-0.3, -0.25) is 4.90 Å². The summed E-state index contributed by atoms with van der Waals surface area (Å²) in [5.74, 6) is 2.85. The first kappa shape index (κ1) is 17.1. The first-order valence-electron chi connectivity index (χ1n) is 9.24. The van der Waals surface area contributed by atoms with Crippen molar-refractivity contribution in [3.63, 3.8) is 0 Å². The summed E-state index contributed by atoms with van der Waals surface area (Å²) >= 11 is 0. The zero-order valence-corrected chi connectivity index (χ0v) is 15.6. The van der Waals surface area contributed by atoms with Crippen LogP contribution in [0.3, 0.4) is 0 Å². The molecule has 0 saturated carbocycles. The molecule has 1 aromatic carbocycles. The number of methoxy groups -OCH3 is 2. The number of piperidine rings is 3. The standard InChI is InChI=1S/C20H26N4O2/c1-13-19(14-6-8-24(13)9-7-14)23-20-21-11-16(12-22-20)15-4-5-17(25-2)18(10-15)26-3/h4-5,10-14,19H,6-9H2,1-3H3,(H,21,22,23). The van der Waals surface area contributed by atoms with Crippen molar-refractivity contribution in [1.82, 2.24) is 14.9 Å². The maximum atomic E-state index is 5.38. The van der Waals surface area contributed by atoms with Gasteiger partial charge in [-0.25, -0.2) is 9.97 Å². The van der Waals surface area contributed by atoms with Crippen molar-refractivity contribution < 1.29 is 9.47 Å². The number of anilines is 1. The average molecular weight is 354 g/mol. The fraction of sp³-hybridized carbons (Fsp3) is 0.500. The smallest absolute Gasteiger partial charge is 0.222 e. The van der Waals surface area contributed by atoms with Gasteiger partial charge in [0.05, 0.1) is 14.2 Å². The summed E-state index contributed by atoms with van der Waals surface area (Å²) in [4.78, 5) is 11.7. The quantitative estimate of drug-likeness (QED) is 0.891. The van der Waals surface area contributed by atoms with E-state index in [0.29, 0.717) is 29.5 Å². The maximum Gasteiger partial charge on any atom is 0.222 e. The first-order valence-corrected chi connectivity index (χ1v) is 9.24. The van der Waals surface area contributed by atoms with Gasteiger partial charge in [-0.2, -0.15) is 0 Å². The Hall–Kier alpha value is -2.34. The van der Waals surface area contributed by atoms with Crippen LogP contribution in [0.2, 0.25) is 0 Å². The lowest BCUT2D eigenvalue weighted by Gasteiger charge is -2.49. The number of ether oxygens (including phenoxy) is 2. The number of fused-ring (bicyclic) bond motifs is 3. The predicted octanol–water partition coefficient (Wildman–Crippen LogP) is 3.06. The Bertz CT molecular complexity index is 755. The van der Waals surface area contributed by atoms with Crippen LogP contribution in [0.25, 0.3) is 11.1 Å². The highest BCUT2D eigenvalue weighted by Crippen LogP contribution is 2.34. The van der Waals surface area contributed by atoms with E-state index in [0.717, 1.165) is 17.0 Å². The van der Waals surface area contributed by atoms with E-state index in [4.69, 9.17) is 9.47 Å². The third-order valence-corrected chi connectivity index (χ3v) is 5.84. The zero-order valence-electron chi connectivity index (χ0n) is 15.6. The number of hydrogen-bond acceptors (Lipinski definition) is 6. The molecule has 1 N–H and O–H groups in total. The van der Waals surface area contributed by atoms with Crippen LogP contribution in [0.1, 0.15) is 19.8 Å². The van der Waals surface area contributed by atoms with Gasteiger partial charge >= 0.3 is 0 Å². The molecule has 3 saturated heterocycles. The van der Waals surface area contributed by atoms with Crippen LogP contribution in [-0.2, 0) is 0 Å². The van der Waals surface area contributed by atoms with Crippen molar-refractivity contribution in [2.24, 2.45) is 5.92 Å². The Balaban J connectivity index is 1.50. The van der Waals surface area contributed by atoms with E-state index >= 15 is 0 Å². The van der Waals surface area contributed by atoms with Gasteiger partial charge in [0.25, 0.3) is 0 Å². The van der Waals surface area contributed by atoms with Crippen molar-refractivity contribution >= 4 is 5.95 Å². The van der Waals surface area contributed by atoms with Gasteiger partial charge in [-0.05, 0) is 56.5 Å². The van der Waals surface area contributed by atoms with E-state index < -0.39 is 0 Å². The molecule has 0 amide bonds. The number of hydrogen-bond donors (Lipinski definition) is 1. The minimum Gasteiger partial charge on any atom is -0.493 e. The van der Waals surface area contributed by atoms with Crippen molar-refractivity contribution in [2.45, 2.75) is 31.8 Å². The summed E-state index contributed by atoms with van der Waals surface area (Å²) in [6, 6.07) is 6.80. The molecule has 3 fully saturated rings. The third-order valence-electron chi connectivity index (χ3n) is 5.84. The van der Waals surface area contributed by atoms with Crippen LogP contribution in [0.15, 0.2) is 30.6 Å². The Morgan fingerprint density at radius 3 is 2.31 bits per heavy atom. The molecule has 0 spiro atoms. The molecule has 5 rings (SSSR count). The second kappa shape index (κ2) is 7.11. The summed E-state index contributed by atoms with van der Waals surface area (Å²) in [6.07, 6.45) is 6.27. The molecule has 6 nitrogen and oxygen atoms in total. The molecule has 3 aliphatic heterocycles. The summed E-state index contributed by atoms with van der Waals surface area (Å²) in [5, 5.41) is 3.57. The maximum absolute atomic E-state index is 5.38. The Morgan fingerprint density at radius 1 is 1.00 bits per heavy atom. The highest BCUT2D eigenvalue weighted by atomic mass is 16.5. The van der Waals surface area contributed by atoms with Crippen molar-refractivity contribution in [3.8, 4) is 22.6 Å². The molecule has 4 heterocycles. The van der Waals surface area contributed by atoms with Crippen molar-refractivity contribution in [2.75, 3.05) is 32.6 Å². The monoisotopic (exact) mass is 354 g/mol. The number of aromatic nitrogens is 2. The van der Waals surface area contributed by atoms with E-state index in [1.54, 1.807) is 14.2 Å². The van der Waals surface area contributed by atoms with Gasteiger partial charge in [-0.15, -0.1) is 0 Å². The topological polar surface area (TPSA) is 59.5 Å². The van der Waals surface area contributed by atoms with Crippen molar-refractivity contribution in [3.05, 3.63) is 30.6 Å². The van der Waals surface area contributed by atoms with E-state index in [-0.39, 0.29) is 0 Å². The fourth-order valence-electron chi connectivity index (χ4n) is 4.26. The van der Waals surface area contributed by atoms with Gasteiger partial charge in [-0.1, -0.05) is 6.07 Å². The normalized spacial score (nSPS) is 27.2. The minimum absolute atomic E-state index is 0.435. The lowest BCUT2D eigenvalue weighted by molar-refractivity contribution is 0.0455. The summed E-state index contributed by atoms with van der Waals surface area (Å²) in [7, 11) is 3.27. The zero-order chi connectivity index (χ0) is 18.1. The van der Waals surface area contributed by atoms with Gasteiger partial charge in [0, 0.05) is 30.0 Å². The van der Waals surface area contributed by atoms with Crippen LogP contribution in [0.4, 0.5) is 5.95 Å². The minimum atomic E-state index is 0.435. The van der Waals surface area contributed by atoms with E-state index in [1.807, 2.05) is 30.6 Å². The van der Waals surface area contributed by atoms with Crippen molar-refractivity contribution in [1.29, 1.82) is 0 Å². The van der Waals surface area contributed by atoms with Crippen LogP contribution in [-0.4, -0.2) is 54.3 Å². The molecular weight excluding hydrogens is 328 g/mol. The van der Waals surface area contributed by atoms with Gasteiger partial charge in [0.15, 0.2) is 11.5 Å². The fourth-order valence-corrected chi connectivity index (χ4v) is 4.26. The lowest BCUT2D eigenvalue weighted by Crippen LogP contribution is -2.59. The van der Waals surface area contributed by atoms with Crippen LogP contribution in [0.5, 0.6) is 11.5 Å². The highest BCUT2D eigenvalue weighted by Gasteiger charge is 2.39. The van der Waals surface area contributed by atoms with E-state index in [9.17, 15) is 0 Å². The molecule has 26 heavy (non-hydrogen) atoms. The predicted molar refractivity (Wildman–Crippen MR) is 102 cm³/mol. The molecule has 1 aromatic heterocycles. The summed E-state index contributed by atoms with van der Waals surface area (Å²) in [5.41, 5.74) is 1.96. The van der Waals surface area contributed by atoms with Crippen LogP contribution >= 0.6 is 0 Å². The van der Waals surface area contributed by atoms with Crippen LogP contribution in [0, 0.1) is 5.92 Å². The van der Waals surface area contributed by atoms with E-state index in [2.05, 4.69) is 27.1 Å². The second-order valence-corrected chi connectivity index (χ2v) is 7.15. The number of benzene rings is 1. The second-order valence-electron chi connectivity index (χ2n) is 7.15. The molecule has 2 atom stereocenters. The van der Waals surface area contributed by atoms with Gasteiger partial charge in [0.2, 0.25) is 5.95 Å². The van der Waals surface area contributed by atoms with Gasteiger partial charge in [0.1, 0.15) is 0 Å². The Morgan fingerprint density at radius 2 is 1.69 bits per heavy atom. The average Bonchev–Trinajstić information content (AvgIpc) is 2.71. The molecule has 2 aromatic rings. The van der Waals surface area contributed by atoms with Crippen LogP contribution < -0.4 is 14.8 Å². The molecule has 6 heteroatoms. The highest BCUT2D eigenvalue weighted by molar-refractivity contribution is 5.66.